The van der Waals surface area contributed by atoms with Gasteiger partial charge in [-0.2, -0.15) is 0 Å². The Morgan fingerprint density at radius 3 is 2.67 bits per heavy atom. The lowest BCUT2D eigenvalue weighted by atomic mass is 10.1. The molecule has 2 aromatic carbocycles. The van der Waals surface area contributed by atoms with Crippen LogP contribution in [0.5, 0.6) is 17.4 Å². The molecule has 1 aliphatic rings. The van der Waals surface area contributed by atoms with E-state index in [9.17, 15) is 19.7 Å². The van der Waals surface area contributed by atoms with Crippen LogP contribution < -0.4 is 14.4 Å². The minimum absolute atomic E-state index is 0.184. The van der Waals surface area contributed by atoms with Crippen LogP contribution in [0.4, 0.5) is 16.2 Å². The Labute approximate surface area is 196 Å². The summed E-state index contributed by atoms with van der Waals surface area (Å²) in [5.74, 6) is -0.201. The Morgan fingerprint density at radius 1 is 1.12 bits per heavy atom. The largest absolute Gasteiger partial charge is 0.493 e. The molecule has 0 atom stereocenters. The van der Waals surface area contributed by atoms with Crippen LogP contribution in [0.2, 0.25) is 5.02 Å². The van der Waals surface area contributed by atoms with Gasteiger partial charge in [-0.05, 0) is 59.8 Å². The number of rotatable bonds is 6. The minimum atomic E-state index is -0.598. The van der Waals surface area contributed by atoms with Crippen LogP contribution in [-0.2, 0) is 4.79 Å². The molecule has 0 unspecified atom stereocenters. The molecule has 0 N–H and O–H groups in total. The molecular formula is C22H14ClN3O6S. The first-order chi connectivity index (χ1) is 15.9. The number of imide groups is 1. The van der Waals surface area contributed by atoms with E-state index in [0.29, 0.717) is 16.3 Å². The van der Waals surface area contributed by atoms with Gasteiger partial charge in [-0.25, -0.2) is 9.88 Å². The number of hydrogen-bond donors (Lipinski definition) is 0. The van der Waals surface area contributed by atoms with Crippen molar-refractivity contribution in [3.63, 3.8) is 0 Å². The second-order valence-electron chi connectivity index (χ2n) is 6.59. The summed E-state index contributed by atoms with van der Waals surface area (Å²) in [6.45, 7) is 0. The third kappa shape index (κ3) is 4.66. The highest BCUT2D eigenvalue weighted by Gasteiger charge is 2.36. The van der Waals surface area contributed by atoms with E-state index in [1.54, 1.807) is 36.4 Å². The summed E-state index contributed by atoms with van der Waals surface area (Å²) in [6, 6.07) is 13.9. The quantitative estimate of drug-likeness (QED) is 0.250. The van der Waals surface area contributed by atoms with Crippen LogP contribution in [0, 0.1) is 10.1 Å². The highest BCUT2D eigenvalue weighted by atomic mass is 35.5. The van der Waals surface area contributed by atoms with E-state index in [4.69, 9.17) is 21.1 Å². The molecule has 1 fully saturated rings. The molecule has 11 heteroatoms. The van der Waals surface area contributed by atoms with Crippen LogP contribution in [0.3, 0.4) is 0 Å². The van der Waals surface area contributed by atoms with Gasteiger partial charge in [-0.1, -0.05) is 23.7 Å². The number of thioether (sulfide) groups is 1. The molecule has 0 aliphatic carbocycles. The third-order valence-electron chi connectivity index (χ3n) is 4.50. The van der Waals surface area contributed by atoms with E-state index in [2.05, 4.69) is 4.98 Å². The van der Waals surface area contributed by atoms with E-state index < -0.39 is 16.1 Å². The molecule has 4 rings (SSSR count). The fourth-order valence-electron chi connectivity index (χ4n) is 3.02. The molecule has 1 saturated heterocycles. The molecule has 2 heterocycles. The van der Waals surface area contributed by atoms with Gasteiger partial charge >= 0.3 is 5.69 Å². The van der Waals surface area contributed by atoms with Crippen molar-refractivity contribution in [3.05, 3.63) is 86.4 Å². The standard InChI is InChI=1S/C22H14ClN3O6S/c1-31-18-10-13(7-8-17(18)32-20-16(26(29)30)6-3-9-24-20)11-19-21(27)25(22(28)33-19)15-5-2-4-14(23)12-15/h2-12H,1H3/b19-11+. The van der Waals surface area contributed by atoms with E-state index in [-0.39, 0.29) is 28.0 Å². The number of carbonyl (C=O) groups excluding carboxylic acids is 2. The van der Waals surface area contributed by atoms with Crippen LogP contribution in [-0.4, -0.2) is 28.2 Å². The maximum atomic E-state index is 12.8. The first-order valence-electron chi connectivity index (χ1n) is 9.36. The van der Waals surface area contributed by atoms with Crippen LogP contribution >= 0.6 is 23.4 Å². The highest BCUT2D eigenvalue weighted by Crippen LogP contribution is 2.39. The predicted octanol–water partition coefficient (Wildman–Crippen LogP) is 5.69. The lowest BCUT2D eigenvalue weighted by Crippen LogP contribution is -2.27. The fourth-order valence-corrected chi connectivity index (χ4v) is 4.05. The summed E-state index contributed by atoms with van der Waals surface area (Å²) in [5.41, 5.74) is 0.649. The van der Waals surface area contributed by atoms with Gasteiger partial charge in [0, 0.05) is 17.3 Å². The van der Waals surface area contributed by atoms with Gasteiger partial charge < -0.3 is 9.47 Å². The minimum Gasteiger partial charge on any atom is -0.493 e. The van der Waals surface area contributed by atoms with Crippen LogP contribution in [0.1, 0.15) is 5.56 Å². The number of nitrogens with zero attached hydrogens (tertiary/aromatic N) is 3. The Bertz CT molecular complexity index is 1310. The lowest BCUT2D eigenvalue weighted by Gasteiger charge is -2.12. The first-order valence-corrected chi connectivity index (χ1v) is 10.6. The number of nitro groups is 1. The summed E-state index contributed by atoms with van der Waals surface area (Å²) >= 11 is 6.78. The SMILES string of the molecule is COc1cc(/C=C2/SC(=O)N(c3cccc(Cl)c3)C2=O)ccc1Oc1ncccc1[N+](=O)[O-]. The molecule has 2 amide bonds. The third-order valence-corrected chi connectivity index (χ3v) is 5.60. The summed E-state index contributed by atoms with van der Waals surface area (Å²) in [7, 11) is 1.41. The van der Waals surface area contributed by atoms with Gasteiger partial charge in [-0.3, -0.25) is 19.7 Å². The molecule has 0 spiro atoms. The zero-order valence-electron chi connectivity index (χ0n) is 16.9. The number of ether oxygens (including phenoxy) is 2. The molecule has 33 heavy (non-hydrogen) atoms. The smallest absolute Gasteiger partial charge is 0.331 e. The van der Waals surface area contributed by atoms with Gasteiger partial charge in [-0.15, -0.1) is 0 Å². The topological polar surface area (TPSA) is 112 Å². The van der Waals surface area contributed by atoms with Crippen molar-refractivity contribution in [2.45, 2.75) is 0 Å². The second kappa shape index (κ2) is 9.31. The molecule has 1 aliphatic heterocycles. The van der Waals surface area contributed by atoms with Gasteiger partial charge in [0.1, 0.15) is 0 Å². The summed E-state index contributed by atoms with van der Waals surface area (Å²) in [4.78, 5) is 41.1. The Balaban J connectivity index is 1.61. The Hall–Kier alpha value is -3.89. The fraction of sp³-hybridized carbons (Fsp3) is 0.0455. The number of amides is 2. The summed E-state index contributed by atoms with van der Waals surface area (Å²) < 4.78 is 10.9. The van der Waals surface area contributed by atoms with Gasteiger partial charge in [0.05, 0.1) is 22.6 Å². The Morgan fingerprint density at radius 2 is 1.94 bits per heavy atom. The highest BCUT2D eigenvalue weighted by molar-refractivity contribution is 8.19. The van der Waals surface area contributed by atoms with E-state index in [1.807, 2.05) is 0 Å². The maximum absolute atomic E-state index is 12.8. The number of methoxy groups -OCH3 is 1. The van der Waals surface area contributed by atoms with Crippen molar-refractivity contribution in [3.8, 4) is 17.4 Å². The predicted molar refractivity (Wildman–Crippen MR) is 124 cm³/mol. The van der Waals surface area contributed by atoms with Crippen molar-refractivity contribution in [2.24, 2.45) is 0 Å². The number of anilines is 1. The summed E-state index contributed by atoms with van der Waals surface area (Å²) in [6.07, 6.45) is 2.92. The Kier molecular flexibility index (Phi) is 6.29. The molecule has 9 nitrogen and oxygen atoms in total. The molecular weight excluding hydrogens is 470 g/mol. The number of benzene rings is 2. The van der Waals surface area contributed by atoms with E-state index in [1.165, 1.54) is 37.6 Å². The van der Waals surface area contributed by atoms with Gasteiger partial charge in [0.2, 0.25) is 0 Å². The molecule has 1 aromatic heterocycles. The maximum Gasteiger partial charge on any atom is 0.331 e. The first kappa shape index (κ1) is 22.3. The lowest BCUT2D eigenvalue weighted by molar-refractivity contribution is -0.386. The summed E-state index contributed by atoms with van der Waals surface area (Å²) in [5, 5.41) is 11.2. The monoisotopic (exact) mass is 483 g/mol. The molecule has 166 valence electrons. The van der Waals surface area contributed by atoms with Crippen molar-refractivity contribution < 1.29 is 24.0 Å². The van der Waals surface area contributed by atoms with Crippen molar-refractivity contribution in [2.75, 3.05) is 12.0 Å². The average molecular weight is 484 g/mol. The van der Waals surface area contributed by atoms with Crippen LogP contribution in [0.15, 0.2) is 65.7 Å². The van der Waals surface area contributed by atoms with Gasteiger partial charge in [0.25, 0.3) is 17.0 Å². The van der Waals surface area contributed by atoms with Crippen LogP contribution in [0.25, 0.3) is 6.08 Å². The number of carbonyl (C=O) groups is 2. The molecule has 3 aromatic rings. The zero-order valence-corrected chi connectivity index (χ0v) is 18.5. The number of pyridine rings is 1. The number of aromatic nitrogens is 1. The van der Waals surface area contributed by atoms with Gasteiger partial charge in [0.15, 0.2) is 11.5 Å². The number of hydrogen-bond acceptors (Lipinski definition) is 8. The van der Waals surface area contributed by atoms with Crippen molar-refractivity contribution >= 4 is 52.0 Å². The second-order valence-corrected chi connectivity index (χ2v) is 8.02. The van der Waals surface area contributed by atoms with Crippen molar-refractivity contribution in [1.29, 1.82) is 0 Å². The molecule has 0 radical (unpaired) electrons. The van der Waals surface area contributed by atoms with E-state index in [0.717, 1.165) is 16.7 Å². The number of halogens is 1. The average Bonchev–Trinajstić information content (AvgIpc) is 3.07. The molecule has 0 saturated carbocycles. The molecule has 0 bridgehead atoms. The zero-order chi connectivity index (χ0) is 23.5. The van der Waals surface area contributed by atoms with E-state index >= 15 is 0 Å². The normalized spacial score (nSPS) is 14.6. The van der Waals surface area contributed by atoms with Crippen molar-refractivity contribution in [1.82, 2.24) is 4.98 Å².